The maximum atomic E-state index is 5.52. The minimum absolute atomic E-state index is 0.274. The van der Waals surface area contributed by atoms with E-state index in [1.807, 2.05) is 12.2 Å². The SMILES string of the molecule is C=C(N)\C=C/C(=C/C=C1/C=CCC1(C)C)CC. The molecule has 17 heavy (non-hydrogen) atoms. The predicted molar refractivity (Wildman–Crippen MR) is 76.5 cm³/mol. The number of allylic oxidation sites excluding steroid dienone is 8. The number of rotatable bonds is 4. The van der Waals surface area contributed by atoms with Gasteiger partial charge in [-0.25, -0.2) is 0 Å². The van der Waals surface area contributed by atoms with Crippen molar-refractivity contribution in [3.05, 3.63) is 59.9 Å². The highest BCUT2D eigenvalue weighted by atomic mass is 14.5. The molecule has 0 aliphatic heterocycles. The van der Waals surface area contributed by atoms with Crippen LogP contribution in [0.15, 0.2) is 59.9 Å². The van der Waals surface area contributed by atoms with Gasteiger partial charge in [-0.15, -0.1) is 0 Å². The fourth-order valence-corrected chi connectivity index (χ4v) is 1.81. The molecule has 1 rings (SSSR count). The Hall–Kier alpha value is -1.50. The average Bonchev–Trinajstić information content (AvgIpc) is 2.58. The largest absolute Gasteiger partial charge is 0.399 e. The molecule has 0 aromatic heterocycles. The topological polar surface area (TPSA) is 26.0 Å². The predicted octanol–water partition coefficient (Wildman–Crippen LogP) is 4.26. The van der Waals surface area contributed by atoms with E-state index in [2.05, 4.69) is 51.7 Å². The summed E-state index contributed by atoms with van der Waals surface area (Å²) in [6, 6.07) is 0. The van der Waals surface area contributed by atoms with Gasteiger partial charge in [0.1, 0.15) is 0 Å². The Morgan fingerprint density at radius 2 is 2.18 bits per heavy atom. The van der Waals surface area contributed by atoms with Crippen molar-refractivity contribution in [1.29, 1.82) is 0 Å². The van der Waals surface area contributed by atoms with Crippen LogP contribution in [-0.4, -0.2) is 0 Å². The first-order chi connectivity index (χ1) is 7.95. The Morgan fingerprint density at radius 3 is 2.65 bits per heavy atom. The molecule has 0 spiro atoms. The standard InChI is InChI=1S/C16H23N/c1-5-14(9-8-13(2)17)10-11-15-7-6-12-16(15,3)4/h6-11H,2,5,12,17H2,1,3-4H3/b9-8-,14-10+,15-11-. The van der Waals surface area contributed by atoms with Crippen LogP contribution < -0.4 is 5.73 Å². The molecule has 0 aromatic rings. The molecule has 1 heteroatoms. The molecule has 0 fully saturated rings. The zero-order chi connectivity index (χ0) is 12.9. The Morgan fingerprint density at radius 1 is 1.47 bits per heavy atom. The van der Waals surface area contributed by atoms with Gasteiger partial charge in [0.05, 0.1) is 0 Å². The van der Waals surface area contributed by atoms with Crippen LogP contribution in [0.5, 0.6) is 0 Å². The lowest BCUT2D eigenvalue weighted by molar-refractivity contribution is 0.483. The normalized spacial score (nSPS) is 21.6. The summed E-state index contributed by atoms with van der Waals surface area (Å²) in [5, 5.41) is 0. The smallest absolute Gasteiger partial charge is 0.0241 e. The molecule has 0 amide bonds. The van der Waals surface area contributed by atoms with Crippen molar-refractivity contribution in [2.75, 3.05) is 0 Å². The van der Waals surface area contributed by atoms with Gasteiger partial charge in [-0.3, -0.25) is 0 Å². The number of nitrogens with two attached hydrogens (primary N) is 1. The van der Waals surface area contributed by atoms with Gasteiger partial charge in [-0.1, -0.05) is 57.7 Å². The lowest BCUT2D eigenvalue weighted by atomic mass is 9.86. The Kier molecular flexibility index (Phi) is 4.56. The fraction of sp³-hybridized carbons (Fsp3) is 0.375. The summed E-state index contributed by atoms with van der Waals surface area (Å²) in [6.45, 7) is 10.3. The summed E-state index contributed by atoms with van der Waals surface area (Å²) in [5.74, 6) is 0. The minimum Gasteiger partial charge on any atom is -0.399 e. The van der Waals surface area contributed by atoms with Crippen molar-refractivity contribution in [2.45, 2.75) is 33.6 Å². The van der Waals surface area contributed by atoms with E-state index in [0.29, 0.717) is 5.70 Å². The average molecular weight is 229 g/mol. The van der Waals surface area contributed by atoms with Crippen molar-refractivity contribution >= 4 is 0 Å². The maximum Gasteiger partial charge on any atom is 0.0241 e. The van der Waals surface area contributed by atoms with Gasteiger partial charge >= 0.3 is 0 Å². The third-order valence-corrected chi connectivity index (χ3v) is 3.10. The van der Waals surface area contributed by atoms with Gasteiger partial charge in [0.25, 0.3) is 0 Å². The van der Waals surface area contributed by atoms with E-state index in [1.165, 1.54) is 11.1 Å². The van der Waals surface area contributed by atoms with Crippen LogP contribution >= 0.6 is 0 Å². The second-order valence-electron chi connectivity index (χ2n) is 5.12. The zero-order valence-electron chi connectivity index (χ0n) is 11.2. The number of hydrogen-bond donors (Lipinski definition) is 1. The highest BCUT2D eigenvalue weighted by Gasteiger charge is 2.23. The van der Waals surface area contributed by atoms with Crippen LogP contribution in [-0.2, 0) is 0 Å². The second-order valence-corrected chi connectivity index (χ2v) is 5.12. The summed E-state index contributed by atoms with van der Waals surface area (Å²) in [6.07, 6.45) is 14.9. The van der Waals surface area contributed by atoms with Gasteiger partial charge < -0.3 is 5.73 Å². The van der Waals surface area contributed by atoms with Crippen LogP contribution in [0.3, 0.4) is 0 Å². The third kappa shape index (κ3) is 4.10. The number of hydrogen-bond acceptors (Lipinski definition) is 1. The lowest BCUT2D eigenvalue weighted by Crippen LogP contribution is -2.07. The van der Waals surface area contributed by atoms with E-state index < -0.39 is 0 Å². The van der Waals surface area contributed by atoms with Gasteiger partial charge in [-0.2, -0.15) is 0 Å². The molecule has 1 aliphatic rings. The minimum atomic E-state index is 0.274. The molecule has 2 N–H and O–H groups in total. The molecule has 0 bridgehead atoms. The quantitative estimate of drug-likeness (QED) is 0.716. The van der Waals surface area contributed by atoms with E-state index in [0.717, 1.165) is 12.8 Å². The molecule has 1 nitrogen and oxygen atoms in total. The molecular formula is C16H23N. The highest BCUT2D eigenvalue weighted by molar-refractivity contribution is 5.37. The van der Waals surface area contributed by atoms with Crippen molar-refractivity contribution in [1.82, 2.24) is 0 Å². The van der Waals surface area contributed by atoms with Gasteiger partial charge in [0, 0.05) is 5.70 Å². The molecule has 0 aromatic carbocycles. The molecular weight excluding hydrogens is 206 g/mol. The first-order valence-corrected chi connectivity index (χ1v) is 6.16. The van der Waals surface area contributed by atoms with Crippen LogP contribution in [0.4, 0.5) is 0 Å². The molecule has 1 aliphatic carbocycles. The Labute approximate surface area is 105 Å². The van der Waals surface area contributed by atoms with Crippen LogP contribution in [0, 0.1) is 5.41 Å². The van der Waals surface area contributed by atoms with Crippen molar-refractivity contribution in [3.8, 4) is 0 Å². The molecule has 0 saturated carbocycles. The summed E-state index contributed by atoms with van der Waals surface area (Å²) in [5.41, 5.74) is 9.05. The fourth-order valence-electron chi connectivity index (χ4n) is 1.81. The van der Waals surface area contributed by atoms with E-state index in [1.54, 1.807) is 0 Å². The van der Waals surface area contributed by atoms with E-state index in [-0.39, 0.29) is 5.41 Å². The van der Waals surface area contributed by atoms with Crippen molar-refractivity contribution in [2.24, 2.45) is 11.1 Å². The Balaban J connectivity index is 2.83. The maximum absolute atomic E-state index is 5.52. The van der Waals surface area contributed by atoms with E-state index in [9.17, 15) is 0 Å². The third-order valence-electron chi connectivity index (χ3n) is 3.10. The second kappa shape index (κ2) is 5.72. The summed E-state index contributed by atoms with van der Waals surface area (Å²) >= 11 is 0. The van der Waals surface area contributed by atoms with E-state index in [4.69, 9.17) is 5.73 Å². The zero-order valence-corrected chi connectivity index (χ0v) is 11.2. The van der Waals surface area contributed by atoms with Crippen molar-refractivity contribution < 1.29 is 0 Å². The van der Waals surface area contributed by atoms with Gasteiger partial charge in [0.15, 0.2) is 0 Å². The van der Waals surface area contributed by atoms with Crippen LogP contribution in [0.2, 0.25) is 0 Å². The van der Waals surface area contributed by atoms with Gasteiger partial charge in [0.2, 0.25) is 0 Å². The summed E-state index contributed by atoms with van der Waals surface area (Å²) in [4.78, 5) is 0. The molecule has 0 saturated heterocycles. The molecule has 0 atom stereocenters. The first-order valence-electron chi connectivity index (χ1n) is 6.16. The first kappa shape index (κ1) is 13.6. The monoisotopic (exact) mass is 229 g/mol. The van der Waals surface area contributed by atoms with Crippen molar-refractivity contribution in [3.63, 3.8) is 0 Å². The Bertz CT molecular complexity index is 403. The summed E-state index contributed by atoms with van der Waals surface area (Å²) < 4.78 is 0. The van der Waals surface area contributed by atoms with E-state index >= 15 is 0 Å². The van der Waals surface area contributed by atoms with Crippen LogP contribution in [0.1, 0.15) is 33.6 Å². The van der Waals surface area contributed by atoms with Crippen LogP contribution in [0.25, 0.3) is 0 Å². The molecule has 0 unspecified atom stereocenters. The summed E-state index contributed by atoms with van der Waals surface area (Å²) in [7, 11) is 0. The highest BCUT2D eigenvalue weighted by Crippen LogP contribution is 2.36. The lowest BCUT2D eigenvalue weighted by Gasteiger charge is -2.19. The molecule has 0 radical (unpaired) electrons. The van der Waals surface area contributed by atoms with Gasteiger partial charge in [-0.05, 0) is 35.5 Å². The molecule has 0 heterocycles. The molecule has 92 valence electrons.